The second kappa shape index (κ2) is 5.39. The molecule has 2 fully saturated rings. The molecule has 1 aromatic rings. The number of amides is 2. The number of hydrogen-bond donors (Lipinski definition) is 2. The van der Waals surface area contributed by atoms with Crippen LogP contribution in [0.15, 0.2) is 24.3 Å². The van der Waals surface area contributed by atoms with E-state index in [1.807, 2.05) is 0 Å². The van der Waals surface area contributed by atoms with E-state index in [2.05, 4.69) is 5.32 Å². The maximum Gasteiger partial charge on any atom is 0.327 e. The predicted octanol–water partition coefficient (Wildman–Crippen LogP) is 1.98. The molecule has 3 atom stereocenters. The number of carbonyl (C=O) groups excluding carboxylic acids is 2. The van der Waals surface area contributed by atoms with Gasteiger partial charge in [-0.25, -0.2) is 4.79 Å². The standard InChI is InChI=1S/C16H17ClN2O4S/c1-15(2)10(12(21)22)19-13(23)16(3,14(19)24-15)18-11(20)8-6-4-5-7-9(8)17/h4-7,10,14H,1-3H3,(H,18,20)(H,21,22)/t10-,14+,16-/m0/s1. The molecular weight excluding hydrogens is 352 g/mol. The van der Waals surface area contributed by atoms with Gasteiger partial charge in [-0.1, -0.05) is 23.7 Å². The van der Waals surface area contributed by atoms with Crippen molar-refractivity contribution in [3.8, 4) is 0 Å². The molecule has 0 aromatic heterocycles. The Kier molecular flexibility index (Phi) is 3.84. The number of benzene rings is 1. The molecule has 0 spiro atoms. The van der Waals surface area contributed by atoms with Crippen molar-refractivity contribution >= 4 is 41.1 Å². The Hall–Kier alpha value is -1.73. The van der Waals surface area contributed by atoms with Crippen LogP contribution in [-0.4, -0.2) is 49.5 Å². The summed E-state index contributed by atoms with van der Waals surface area (Å²) in [5, 5.41) is 12.1. The van der Waals surface area contributed by atoms with Gasteiger partial charge in [-0.05, 0) is 32.9 Å². The Morgan fingerprint density at radius 3 is 2.50 bits per heavy atom. The van der Waals surface area contributed by atoms with E-state index in [0.717, 1.165) is 0 Å². The second-order valence-corrected chi connectivity index (χ2v) is 8.80. The highest BCUT2D eigenvalue weighted by Crippen LogP contribution is 2.54. The van der Waals surface area contributed by atoms with Gasteiger partial charge in [0.2, 0.25) is 0 Å². The SMILES string of the molecule is CC1(C)S[C@H]2N(C(=O)[C@]2(C)NC(=O)c2ccccc2Cl)[C@H]1C(=O)O. The molecule has 2 aliphatic rings. The lowest BCUT2D eigenvalue weighted by Gasteiger charge is -2.51. The van der Waals surface area contributed by atoms with Crippen LogP contribution in [0.2, 0.25) is 5.02 Å². The molecule has 24 heavy (non-hydrogen) atoms. The molecule has 2 aliphatic heterocycles. The smallest absolute Gasteiger partial charge is 0.327 e. The molecule has 0 unspecified atom stereocenters. The lowest BCUT2D eigenvalue weighted by Crippen LogP contribution is -2.78. The van der Waals surface area contributed by atoms with Crippen LogP contribution in [0.25, 0.3) is 0 Å². The van der Waals surface area contributed by atoms with E-state index in [1.54, 1.807) is 45.0 Å². The van der Waals surface area contributed by atoms with Crippen LogP contribution in [0, 0.1) is 0 Å². The van der Waals surface area contributed by atoms with E-state index in [1.165, 1.54) is 16.7 Å². The van der Waals surface area contributed by atoms with E-state index in [9.17, 15) is 19.5 Å². The van der Waals surface area contributed by atoms with Crippen molar-refractivity contribution < 1.29 is 19.5 Å². The molecule has 0 bridgehead atoms. The highest BCUT2D eigenvalue weighted by atomic mass is 35.5. The van der Waals surface area contributed by atoms with Gasteiger partial charge in [-0.15, -0.1) is 11.8 Å². The molecule has 128 valence electrons. The highest BCUT2D eigenvalue weighted by molar-refractivity contribution is 8.01. The molecule has 2 saturated heterocycles. The fourth-order valence-corrected chi connectivity index (χ4v) is 5.15. The molecule has 2 amide bonds. The largest absolute Gasteiger partial charge is 0.480 e. The van der Waals surface area contributed by atoms with Gasteiger partial charge >= 0.3 is 5.97 Å². The monoisotopic (exact) mass is 368 g/mol. The van der Waals surface area contributed by atoms with Crippen molar-refractivity contribution in [2.45, 2.75) is 42.5 Å². The first-order valence-corrected chi connectivity index (χ1v) is 8.66. The molecule has 0 radical (unpaired) electrons. The molecule has 6 nitrogen and oxygen atoms in total. The zero-order chi connectivity index (χ0) is 17.9. The van der Waals surface area contributed by atoms with Crippen molar-refractivity contribution in [3.63, 3.8) is 0 Å². The van der Waals surface area contributed by atoms with Gasteiger partial charge in [0, 0.05) is 4.75 Å². The normalized spacial score (nSPS) is 30.5. The third-order valence-corrected chi connectivity index (χ3v) is 6.59. The van der Waals surface area contributed by atoms with Crippen LogP contribution >= 0.6 is 23.4 Å². The Bertz CT molecular complexity index is 753. The third kappa shape index (κ3) is 2.29. The van der Waals surface area contributed by atoms with Crippen molar-refractivity contribution in [1.82, 2.24) is 10.2 Å². The number of hydrogen-bond acceptors (Lipinski definition) is 4. The Morgan fingerprint density at radius 2 is 1.92 bits per heavy atom. The van der Waals surface area contributed by atoms with Crippen LogP contribution in [0.4, 0.5) is 0 Å². The summed E-state index contributed by atoms with van der Waals surface area (Å²) in [6, 6.07) is 5.66. The molecule has 1 aromatic carbocycles. The van der Waals surface area contributed by atoms with Crippen molar-refractivity contribution in [2.24, 2.45) is 0 Å². The Labute approximate surface area is 148 Å². The number of carboxylic acid groups (broad SMARTS) is 1. The molecule has 8 heteroatoms. The number of aliphatic carboxylic acids is 1. The molecule has 3 rings (SSSR count). The zero-order valence-corrected chi connectivity index (χ0v) is 14.9. The average molecular weight is 369 g/mol. The van der Waals surface area contributed by atoms with Crippen molar-refractivity contribution in [3.05, 3.63) is 34.9 Å². The molecule has 2 N–H and O–H groups in total. The molecule has 0 saturated carbocycles. The first kappa shape index (κ1) is 17.1. The second-order valence-electron chi connectivity index (χ2n) is 6.66. The quantitative estimate of drug-likeness (QED) is 0.796. The first-order chi connectivity index (χ1) is 11.1. The third-order valence-electron chi connectivity index (χ3n) is 4.50. The minimum atomic E-state index is -1.15. The van der Waals surface area contributed by atoms with Crippen LogP contribution in [0.1, 0.15) is 31.1 Å². The van der Waals surface area contributed by atoms with Gasteiger partial charge in [0.15, 0.2) is 0 Å². The van der Waals surface area contributed by atoms with E-state index in [-0.39, 0.29) is 5.56 Å². The summed E-state index contributed by atoms with van der Waals surface area (Å²) in [7, 11) is 0. The number of β-lactam (4-membered cyclic amide) rings is 1. The van der Waals surface area contributed by atoms with Crippen LogP contribution in [0.3, 0.4) is 0 Å². The van der Waals surface area contributed by atoms with Gasteiger partial charge in [0.25, 0.3) is 11.8 Å². The van der Waals surface area contributed by atoms with Crippen LogP contribution in [0.5, 0.6) is 0 Å². The fraction of sp³-hybridized carbons (Fsp3) is 0.438. The van der Waals surface area contributed by atoms with E-state index >= 15 is 0 Å². The van der Waals surface area contributed by atoms with E-state index in [4.69, 9.17) is 11.6 Å². The molecule has 0 aliphatic carbocycles. The lowest BCUT2D eigenvalue weighted by molar-refractivity contribution is -0.165. The zero-order valence-electron chi connectivity index (χ0n) is 13.4. The van der Waals surface area contributed by atoms with Crippen molar-refractivity contribution in [2.75, 3.05) is 0 Å². The molecule has 2 heterocycles. The first-order valence-electron chi connectivity index (χ1n) is 7.40. The van der Waals surface area contributed by atoms with Crippen molar-refractivity contribution in [1.29, 1.82) is 0 Å². The maximum atomic E-state index is 12.6. The molecular formula is C16H17ClN2O4S. The number of thioether (sulfide) groups is 1. The maximum absolute atomic E-state index is 12.6. The van der Waals surface area contributed by atoms with Gasteiger partial charge in [0.1, 0.15) is 17.0 Å². The van der Waals surface area contributed by atoms with E-state index < -0.39 is 39.5 Å². The summed E-state index contributed by atoms with van der Waals surface area (Å²) in [4.78, 5) is 38.0. The number of fused-ring (bicyclic) bond motifs is 1. The minimum absolute atomic E-state index is 0.281. The Balaban J connectivity index is 1.86. The number of nitrogens with zero attached hydrogens (tertiary/aromatic N) is 1. The topological polar surface area (TPSA) is 86.7 Å². The summed E-state index contributed by atoms with van der Waals surface area (Å²) >= 11 is 7.41. The summed E-state index contributed by atoms with van der Waals surface area (Å²) < 4.78 is -0.640. The number of nitrogens with one attached hydrogen (secondary N) is 1. The van der Waals surface area contributed by atoms with Gasteiger partial charge in [0.05, 0.1) is 10.6 Å². The fourth-order valence-electron chi connectivity index (χ4n) is 3.29. The van der Waals surface area contributed by atoms with Crippen LogP contribution in [-0.2, 0) is 9.59 Å². The van der Waals surface area contributed by atoms with Gasteiger partial charge in [-0.3, -0.25) is 9.59 Å². The summed E-state index contributed by atoms with van der Waals surface area (Å²) in [6.07, 6.45) is 0. The minimum Gasteiger partial charge on any atom is -0.480 e. The number of carboxylic acids is 1. The summed E-state index contributed by atoms with van der Waals surface area (Å²) in [6.45, 7) is 5.20. The van der Waals surface area contributed by atoms with Gasteiger partial charge < -0.3 is 15.3 Å². The summed E-state index contributed by atoms with van der Waals surface area (Å²) in [5.41, 5.74) is -0.869. The number of carbonyl (C=O) groups is 3. The van der Waals surface area contributed by atoms with Gasteiger partial charge in [-0.2, -0.15) is 0 Å². The Morgan fingerprint density at radius 1 is 1.29 bits per heavy atom. The van der Waals surface area contributed by atoms with Crippen LogP contribution < -0.4 is 5.32 Å². The van der Waals surface area contributed by atoms with E-state index in [0.29, 0.717) is 5.02 Å². The number of halogens is 1. The average Bonchev–Trinajstić information content (AvgIpc) is 2.77. The highest BCUT2D eigenvalue weighted by Gasteiger charge is 2.70. The lowest BCUT2D eigenvalue weighted by atomic mass is 9.86. The predicted molar refractivity (Wildman–Crippen MR) is 91.1 cm³/mol. The summed E-state index contributed by atoms with van der Waals surface area (Å²) in [5.74, 6) is -1.88. The number of rotatable bonds is 3.